The highest BCUT2D eigenvalue weighted by Crippen LogP contribution is 2.39. The van der Waals surface area contributed by atoms with Crippen molar-refractivity contribution in [3.63, 3.8) is 0 Å². The number of esters is 2. The van der Waals surface area contributed by atoms with Crippen molar-refractivity contribution in [2.75, 3.05) is 6.61 Å². The Kier molecular flexibility index (Phi) is 6.66. The molecule has 2 atom stereocenters. The molecule has 0 bridgehead atoms. The molecule has 29 heavy (non-hydrogen) atoms. The van der Waals surface area contributed by atoms with Gasteiger partial charge in [0.15, 0.2) is 0 Å². The molecular formula is C24H32O5. The van der Waals surface area contributed by atoms with E-state index >= 15 is 0 Å². The molecular weight excluding hydrogens is 368 g/mol. The molecule has 3 rings (SSSR count). The maximum atomic E-state index is 12.4. The maximum absolute atomic E-state index is 12.4. The number of phenolic OH excluding ortho intramolecular Hbond substituents is 1. The molecule has 0 spiro atoms. The highest BCUT2D eigenvalue weighted by atomic mass is 16.5. The third kappa shape index (κ3) is 4.05. The second-order valence-electron chi connectivity index (χ2n) is 8.12. The first kappa shape index (κ1) is 21.4. The number of carbonyl (C=O) groups is 2. The van der Waals surface area contributed by atoms with Crippen LogP contribution in [0.2, 0.25) is 0 Å². The van der Waals surface area contributed by atoms with Gasteiger partial charge < -0.3 is 14.6 Å². The van der Waals surface area contributed by atoms with Crippen LogP contribution < -0.4 is 0 Å². The van der Waals surface area contributed by atoms with E-state index in [1.807, 2.05) is 13.8 Å². The third-order valence-electron chi connectivity index (χ3n) is 6.57. The van der Waals surface area contributed by atoms with E-state index in [0.29, 0.717) is 18.6 Å². The molecule has 0 saturated heterocycles. The van der Waals surface area contributed by atoms with E-state index in [2.05, 4.69) is 19.9 Å². The fourth-order valence-electron chi connectivity index (χ4n) is 4.96. The second-order valence-corrected chi connectivity index (χ2v) is 8.12. The summed E-state index contributed by atoms with van der Waals surface area (Å²) in [4.78, 5) is 24.5. The standard InChI is InChI=1S/C24H32O5/c1-5-16-15(4)20-13-29-24(27)21(20)22(25)18(16)12-11-14(3)17-9-7-8-10-19(17)23(26)28-6-2/h11,17,19,25H,5-10,12-13H2,1-4H3/t17?,19-/m1/s1. The van der Waals surface area contributed by atoms with Gasteiger partial charge in [0, 0.05) is 11.1 Å². The number of fused-ring (bicyclic) bond motifs is 1. The maximum Gasteiger partial charge on any atom is 0.342 e. The summed E-state index contributed by atoms with van der Waals surface area (Å²) < 4.78 is 10.5. The Bertz CT molecular complexity index is 836. The average molecular weight is 401 g/mol. The highest BCUT2D eigenvalue weighted by Gasteiger charge is 2.33. The summed E-state index contributed by atoms with van der Waals surface area (Å²) in [5.74, 6) is -0.399. The lowest BCUT2D eigenvalue weighted by molar-refractivity contribution is -0.150. The van der Waals surface area contributed by atoms with Crippen molar-refractivity contribution in [3.05, 3.63) is 39.5 Å². The van der Waals surface area contributed by atoms with Gasteiger partial charge in [0.2, 0.25) is 0 Å². The minimum atomic E-state index is -0.445. The normalized spacial score (nSPS) is 21.7. The van der Waals surface area contributed by atoms with E-state index in [0.717, 1.165) is 59.9 Å². The van der Waals surface area contributed by atoms with Gasteiger partial charge >= 0.3 is 11.9 Å². The number of ether oxygens (including phenoxy) is 2. The van der Waals surface area contributed by atoms with E-state index in [1.165, 1.54) is 0 Å². The largest absolute Gasteiger partial charge is 0.507 e. The first-order valence-corrected chi connectivity index (χ1v) is 10.8. The summed E-state index contributed by atoms with van der Waals surface area (Å²) >= 11 is 0. The van der Waals surface area contributed by atoms with Crippen molar-refractivity contribution in [2.45, 2.75) is 72.8 Å². The van der Waals surface area contributed by atoms with Crippen LogP contribution in [0.5, 0.6) is 5.75 Å². The number of hydrogen-bond donors (Lipinski definition) is 1. The fourth-order valence-corrected chi connectivity index (χ4v) is 4.96. The van der Waals surface area contributed by atoms with Crippen molar-refractivity contribution >= 4 is 11.9 Å². The van der Waals surface area contributed by atoms with Crippen molar-refractivity contribution < 1.29 is 24.2 Å². The summed E-state index contributed by atoms with van der Waals surface area (Å²) in [6.45, 7) is 8.61. The van der Waals surface area contributed by atoms with Crippen molar-refractivity contribution in [3.8, 4) is 5.75 Å². The van der Waals surface area contributed by atoms with E-state index in [4.69, 9.17) is 9.47 Å². The lowest BCUT2D eigenvalue weighted by Crippen LogP contribution is -2.29. The van der Waals surface area contributed by atoms with Crippen molar-refractivity contribution in [1.82, 2.24) is 0 Å². The van der Waals surface area contributed by atoms with Gasteiger partial charge in [-0.2, -0.15) is 0 Å². The average Bonchev–Trinajstić information content (AvgIpc) is 3.11. The number of cyclic esters (lactones) is 1. The van der Waals surface area contributed by atoms with E-state index in [-0.39, 0.29) is 30.2 Å². The molecule has 1 fully saturated rings. The molecule has 0 radical (unpaired) electrons. The van der Waals surface area contributed by atoms with Crippen LogP contribution in [0.15, 0.2) is 11.6 Å². The predicted molar refractivity (Wildman–Crippen MR) is 111 cm³/mol. The minimum Gasteiger partial charge on any atom is -0.507 e. The molecule has 1 aliphatic heterocycles. The Labute approximate surface area is 173 Å². The van der Waals surface area contributed by atoms with Gasteiger partial charge in [0.05, 0.1) is 12.5 Å². The van der Waals surface area contributed by atoms with Crippen molar-refractivity contribution in [2.24, 2.45) is 11.8 Å². The van der Waals surface area contributed by atoms with Gasteiger partial charge in [-0.1, -0.05) is 31.4 Å². The van der Waals surface area contributed by atoms with Gasteiger partial charge in [-0.3, -0.25) is 4.79 Å². The molecule has 5 nitrogen and oxygen atoms in total. The highest BCUT2D eigenvalue weighted by molar-refractivity contribution is 5.97. The first-order chi connectivity index (χ1) is 13.9. The van der Waals surface area contributed by atoms with Crippen LogP contribution in [0.3, 0.4) is 0 Å². The number of rotatable bonds is 6. The Morgan fingerprint density at radius 3 is 2.55 bits per heavy atom. The zero-order chi connectivity index (χ0) is 21.1. The summed E-state index contributed by atoms with van der Waals surface area (Å²) in [5.41, 5.74) is 5.20. The quantitative estimate of drug-likeness (QED) is 0.549. The van der Waals surface area contributed by atoms with Crippen LogP contribution >= 0.6 is 0 Å². The van der Waals surface area contributed by atoms with E-state index in [9.17, 15) is 14.7 Å². The Morgan fingerprint density at radius 2 is 1.90 bits per heavy atom. The molecule has 158 valence electrons. The van der Waals surface area contributed by atoms with Crippen molar-refractivity contribution in [1.29, 1.82) is 0 Å². The second kappa shape index (κ2) is 9.02. The van der Waals surface area contributed by atoms with E-state index < -0.39 is 5.97 Å². The summed E-state index contributed by atoms with van der Waals surface area (Å²) in [6.07, 6.45) is 7.44. The molecule has 1 aromatic carbocycles. The smallest absolute Gasteiger partial charge is 0.342 e. The topological polar surface area (TPSA) is 72.8 Å². The molecule has 0 aromatic heterocycles. The zero-order valence-electron chi connectivity index (χ0n) is 18.0. The van der Waals surface area contributed by atoms with Crippen LogP contribution in [0.4, 0.5) is 0 Å². The predicted octanol–water partition coefficient (Wildman–Crippen LogP) is 4.79. The van der Waals surface area contributed by atoms with Gasteiger partial charge in [-0.05, 0) is 63.5 Å². The molecule has 1 saturated carbocycles. The Hall–Kier alpha value is -2.30. The number of benzene rings is 1. The molecule has 5 heteroatoms. The number of allylic oxidation sites excluding steroid dienone is 2. The fraction of sp³-hybridized carbons (Fsp3) is 0.583. The molecule has 1 N–H and O–H groups in total. The Balaban J connectivity index is 1.90. The number of carbonyl (C=O) groups excluding carboxylic acids is 2. The molecule has 1 unspecified atom stereocenters. The monoisotopic (exact) mass is 400 g/mol. The van der Waals surface area contributed by atoms with Crippen LogP contribution in [-0.4, -0.2) is 23.7 Å². The minimum absolute atomic E-state index is 0.0552. The number of hydrogen-bond acceptors (Lipinski definition) is 5. The number of phenols is 1. The van der Waals surface area contributed by atoms with Crippen LogP contribution in [0.25, 0.3) is 0 Å². The third-order valence-corrected chi connectivity index (χ3v) is 6.57. The zero-order valence-corrected chi connectivity index (χ0v) is 18.0. The van der Waals surface area contributed by atoms with Crippen LogP contribution in [0, 0.1) is 18.8 Å². The lowest BCUT2D eigenvalue weighted by atomic mass is 9.75. The van der Waals surface area contributed by atoms with Gasteiger partial charge in [-0.15, -0.1) is 0 Å². The molecule has 0 amide bonds. The molecule has 1 heterocycles. The van der Waals surface area contributed by atoms with Gasteiger partial charge in [0.25, 0.3) is 0 Å². The molecule has 1 aromatic rings. The molecule has 1 aliphatic carbocycles. The summed E-state index contributed by atoms with van der Waals surface area (Å²) in [7, 11) is 0. The SMILES string of the molecule is CCOC(=O)[C@@H]1CCCCC1C(C)=CCc1c(O)c2c(c(C)c1CC)COC2=O. The van der Waals surface area contributed by atoms with Gasteiger partial charge in [0.1, 0.15) is 17.9 Å². The first-order valence-electron chi connectivity index (χ1n) is 10.8. The summed E-state index contributed by atoms with van der Waals surface area (Å²) in [5, 5.41) is 10.8. The van der Waals surface area contributed by atoms with Crippen LogP contribution in [-0.2, 0) is 33.7 Å². The summed E-state index contributed by atoms with van der Waals surface area (Å²) in [6, 6.07) is 0. The van der Waals surface area contributed by atoms with E-state index in [1.54, 1.807) is 0 Å². The number of aromatic hydroxyl groups is 1. The lowest BCUT2D eigenvalue weighted by Gasteiger charge is -2.30. The molecule has 2 aliphatic rings. The van der Waals surface area contributed by atoms with Gasteiger partial charge in [-0.25, -0.2) is 4.79 Å². The van der Waals surface area contributed by atoms with Crippen LogP contribution in [0.1, 0.15) is 79.1 Å². The Morgan fingerprint density at radius 1 is 1.21 bits per heavy atom.